The van der Waals surface area contributed by atoms with Crippen molar-refractivity contribution in [1.82, 2.24) is 5.32 Å². The number of hydrogen-bond acceptors (Lipinski definition) is 4. The number of nitrogens with one attached hydrogen (secondary N) is 1. The predicted octanol–water partition coefficient (Wildman–Crippen LogP) is 0.447. The highest BCUT2D eigenvalue weighted by atomic mass is 16.6. The van der Waals surface area contributed by atoms with Crippen molar-refractivity contribution in [2.24, 2.45) is 0 Å². The van der Waals surface area contributed by atoms with Gasteiger partial charge in [0.15, 0.2) is 0 Å². The van der Waals surface area contributed by atoms with E-state index in [0.717, 1.165) is 6.07 Å². The van der Waals surface area contributed by atoms with E-state index in [0.29, 0.717) is 0 Å². The van der Waals surface area contributed by atoms with Crippen LogP contribution in [0.3, 0.4) is 0 Å². The second kappa shape index (κ2) is 4.52. The molecule has 0 bridgehead atoms. The van der Waals surface area contributed by atoms with Crippen molar-refractivity contribution in [1.29, 1.82) is 0 Å². The van der Waals surface area contributed by atoms with Crippen LogP contribution in [0.4, 0.5) is 5.69 Å². The quantitative estimate of drug-likeness (QED) is 0.559. The highest BCUT2D eigenvalue weighted by Crippen LogP contribution is 2.20. The fourth-order valence-electron chi connectivity index (χ4n) is 1.15. The zero-order chi connectivity index (χ0) is 11.4. The Kier molecular flexibility index (Phi) is 3.35. The number of nitrogens with zero attached hydrogens (tertiary/aromatic N) is 1. The largest absolute Gasteiger partial charge is 0.391 e. The number of nitro groups is 1. The monoisotopic (exact) mass is 210 g/mol. The lowest BCUT2D eigenvalue weighted by Gasteiger charge is -2.02. The molecule has 0 saturated carbocycles. The molecule has 6 heteroatoms. The fourth-order valence-corrected chi connectivity index (χ4v) is 1.15. The Morgan fingerprint density at radius 3 is 2.73 bits per heavy atom. The van der Waals surface area contributed by atoms with Gasteiger partial charge in [-0.15, -0.1) is 0 Å². The molecule has 6 nitrogen and oxygen atoms in total. The van der Waals surface area contributed by atoms with E-state index in [1.807, 2.05) is 0 Å². The molecular weight excluding hydrogens is 200 g/mol. The van der Waals surface area contributed by atoms with Gasteiger partial charge in [0.2, 0.25) is 0 Å². The maximum atomic E-state index is 11.2. The third kappa shape index (κ3) is 2.29. The molecule has 1 rings (SSSR count). The molecule has 0 heterocycles. The molecule has 80 valence electrons. The number of hydrogen-bond donors (Lipinski definition) is 2. The molecule has 0 aliphatic heterocycles. The maximum Gasteiger partial charge on any atom is 0.275 e. The van der Waals surface area contributed by atoms with E-state index in [4.69, 9.17) is 5.11 Å². The van der Waals surface area contributed by atoms with Gasteiger partial charge in [0.1, 0.15) is 0 Å². The van der Waals surface area contributed by atoms with Crippen LogP contribution in [0.2, 0.25) is 0 Å². The lowest BCUT2D eigenvalue weighted by Crippen LogP contribution is -2.18. The summed E-state index contributed by atoms with van der Waals surface area (Å²) in [4.78, 5) is 21.2. The number of amides is 1. The minimum Gasteiger partial charge on any atom is -0.391 e. The van der Waals surface area contributed by atoms with Crippen molar-refractivity contribution in [2.45, 2.75) is 6.61 Å². The highest BCUT2D eigenvalue weighted by molar-refractivity contribution is 5.94. The van der Waals surface area contributed by atoms with Crippen LogP contribution in [-0.4, -0.2) is 23.0 Å². The molecular formula is C9H10N2O4. The molecule has 1 aromatic carbocycles. The van der Waals surface area contributed by atoms with Gasteiger partial charge in [0, 0.05) is 18.7 Å². The van der Waals surface area contributed by atoms with Gasteiger partial charge in [-0.2, -0.15) is 0 Å². The van der Waals surface area contributed by atoms with E-state index < -0.39 is 17.4 Å². The molecule has 0 aliphatic rings. The van der Waals surface area contributed by atoms with Gasteiger partial charge in [-0.3, -0.25) is 14.9 Å². The topological polar surface area (TPSA) is 92.5 Å². The summed E-state index contributed by atoms with van der Waals surface area (Å²) in [5, 5.41) is 21.8. The molecule has 0 atom stereocenters. The Labute approximate surface area is 85.7 Å². The van der Waals surface area contributed by atoms with Gasteiger partial charge in [-0.05, 0) is 12.1 Å². The van der Waals surface area contributed by atoms with Crippen LogP contribution in [0.1, 0.15) is 15.9 Å². The molecule has 0 aliphatic carbocycles. The first-order valence-electron chi connectivity index (χ1n) is 4.20. The maximum absolute atomic E-state index is 11.2. The molecule has 1 amide bonds. The highest BCUT2D eigenvalue weighted by Gasteiger charge is 2.15. The summed E-state index contributed by atoms with van der Waals surface area (Å²) < 4.78 is 0. The molecule has 0 radical (unpaired) electrons. The van der Waals surface area contributed by atoms with Crippen LogP contribution in [0.15, 0.2) is 18.2 Å². The van der Waals surface area contributed by atoms with Crippen LogP contribution >= 0.6 is 0 Å². The second-order valence-corrected chi connectivity index (χ2v) is 2.84. The summed E-state index contributed by atoms with van der Waals surface area (Å²) in [6.07, 6.45) is 0. The number of nitro benzene ring substituents is 1. The minimum atomic E-state index is -0.627. The first-order chi connectivity index (χ1) is 7.10. The minimum absolute atomic E-state index is 0.188. The Bertz CT molecular complexity index is 403. The van der Waals surface area contributed by atoms with Crippen LogP contribution in [0.25, 0.3) is 0 Å². The van der Waals surface area contributed by atoms with E-state index >= 15 is 0 Å². The van der Waals surface area contributed by atoms with Crippen molar-refractivity contribution in [3.05, 3.63) is 39.4 Å². The van der Waals surface area contributed by atoms with Gasteiger partial charge in [-0.1, -0.05) is 0 Å². The number of aliphatic hydroxyl groups is 1. The Balaban J connectivity index is 3.22. The molecule has 0 fully saturated rings. The number of rotatable bonds is 3. The molecule has 0 spiro atoms. The van der Waals surface area contributed by atoms with Gasteiger partial charge in [-0.25, -0.2) is 0 Å². The van der Waals surface area contributed by atoms with Crippen LogP contribution < -0.4 is 5.32 Å². The second-order valence-electron chi connectivity index (χ2n) is 2.84. The Morgan fingerprint density at radius 2 is 2.27 bits per heavy atom. The first-order valence-corrected chi connectivity index (χ1v) is 4.20. The number of carbonyl (C=O) groups is 1. The van der Waals surface area contributed by atoms with Gasteiger partial charge in [0.05, 0.1) is 17.1 Å². The average molecular weight is 210 g/mol. The Hall–Kier alpha value is -1.95. The number of benzene rings is 1. The summed E-state index contributed by atoms with van der Waals surface area (Å²) in [7, 11) is 1.44. The van der Waals surface area contributed by atoms with Crippen molar-refractivity contribution in [3.8, 4) is 0 Å². The summed E-state index contributed by atoms with van der Waals surface area (Å²) in [6, 6.07) is 3.94. The zero-order valence-corrected chi connectivity index (χ0v) is 8.06. The zero-order valence-electron chi connectivity index (χ0n) is 8.06. The van der Waals surface area contributed by atoms with Gasteiger partial charge >= 0.3 is 0 Å². The van der Waals surface area contributed by atoms with E-state index in [-0.39, 0.29) is 16.8 Å². The SMILES string of the molecule is CNC(=O)c1ccc(CO)c([N+](=O)[O-])c1. The summed E-state index contributed by atoms with van der Waals surface area (Å²) in [6.45, 7) is -0.426. The van der Waals surface area contributed by atoms with Crippen LogP contribution in [0.5, 0.6) is 0 Å². The van der Waals surface area contributed by atoms with Crippen molar-refractivity contribution < 1.29 is 14.8 Å². The number of aliphatic hydroxyl groups excluding tert-OH is 1. The molecule has 0 unspecified atom stereocenters. The third-order valence-electron chi connectivity index (χ3n) is 1.94. The third-order valence-corrected chi connectivity index (χ3v) is 1.94. The molecule has 0 aromatic heterocycles. The van der Waals surface area contributed by atoms with Crippen LogP contribution in [-0.2, 0) is 6.61 Å². The predicted molar refractivity (Wildman–Crippen MR) is 52.4 cm³/mol. The molecule has 2 N–H and O–H groups in total. The lowest BCUT2D eigenvalue weighted by atomic mass is 10.1. The molecule has 0 saturated heterocycles. The van der Waals surface area contributed by atoms with Crippen LogP contribution in [0, 0.1) is 10.1 Å². The van der Waals surface area contributed by atoms with Crippen molar-refractivity contribution >= 4 is 11.6 Å². The standard InChI is InChI=1S/C9H10N2O4/c1-10-9(13)6-2-3-7(5-12)8(4-6)11(14)15/h2-4,12H,5H2,1H3,(H,10,13). The summed E-state index contributed by atoms with van der Waals surface area (Å²) in [5.74, 6) is -0.400. The Morgan fingerprint density at radius 1 is 1.60 bits per heavy atom. The van der Waals surface area contributed by atoms with E-state index in [2.05, 4.69) is 5.32 Å². The average Bonchev–Trinajstić information content (AvgIpc) is 2.27. The van der Waals surface area contributed by atoms with E-state index in [9.17, 15) is 14.9 Å². The fraction of sp³-hybridized carbons (Fsp3) is 0.222. The smallest absolute Gasteiger partial charge is 0.275 e. The molecule has 15 heavy (non-hydrogen) atoms. The van der Waals surface area contributed by atoms with Gasteiger partial charge in [0.25, 0.3) is 11.6 Å². The normalized spacial score (nSPS) is 9.73. The first kappa shape index (κ1) is 11.1. The lowest BCUT2D eigenvalue weighted by molar-refractivity contribution is -0.385. The van der Waals surface area contributed by atoms with E-state index in [1.165, 1.54) is 19.2 Å². The summed E-state index contributed by atoms with van der Waals surface area (Å²) in [5.41, 5.74) is 0.132. The number of carbonyl (C=O) groups excluding carboxylic acids is 1. The molecule has 1 aromatic rings. The van der Waals surface area contributed by atoms with Crippen molar-refractivity contribution in [2.75, 3.05) is 7.05 Å². The van der Waals surface area contributed by atoms with E-state index in [1.54, 1.807) is 0 Å². The summed E-state index contributed by atoms with van der Waals surface area (Å²) >= 11 is 0. The van der Waals surface area contributed by atoms with Crippen molar-refractivity contribution in [3.63, 3.8) is 0 Å². The van der Waals surface area contributed by atoms with Gasteiger partial charge < -0.3 is 10.4 Å².